The Bertz CT molecular complexity index is 638. The van der Waals surface area contributed by atoms with Crippen molar-refractivity contribution in [3.05, 3.63) is 66.2 Å². The van der Waals surface area contributed by atoms with Crippen molar-refractivity contribution in [3.63, 3.8) is 0 Å². The van der Waals surface area contributed by atoms with Gasteiger partial charge in [0.15, 0.2) is 11.5 Å². The van der Waals surface area contributed by atoms with E-state index >= 15 is 0 Å². The average molecular weight is 328 g/mol. The van der Waals surface area contributed by atoms with Gasteiger partial charge < -0.3 is 19.5 Å². The van der Waals surface area contributed by atoms with Crippen molar-refractivity contribution in [2.45, 2.75) is 20.0 Å². The lowest BCUT2D eigenvalue weighted by molar-refractivity contribution is -0.686. The number of hydrogen-bond acceptors (Lipinski definition) is 3. The molecule has 24 heavy (non-hydrogen) atoms. The SMILES string of the molecule is C=CCOc1ccc(C[NH2+]Cc2ccc(OC)cc2)cc1OCC. The van der Waals surface area contributed by atoms with Crippen LogP contribution in [0.4, 0.5) is 0 Å². The number of quaternary nitrogens is 1. The lowest BCUT2D eigenvalue weighted by Crippen LogP contribution is -2.80. The number of benzene rings is 2. The standard InChI is InChI=1S/C20H25NO3/c1-4-12-24-19-11-8-17(13-20(19)23-5-2)15-21-14-16-6-9-18(22-3)10-7-16/h4,6-11,13,21H,1,5,12,14-15H2,2-3H3/p+1. The van der Waals surface area contributed by atoms with Gasteiger partial charge in [-0.1, -0.05) is 12.7 Å². The third kappa shape index (κ3) is 5.32. The van der Waals surface area contributed by atoms with Gasteiger partial charge >= 0.3 is 0 Å². The smallest absolute Gasteiger partial charge is 0.161 e. The molecule has 0 aliphatic carbocycles. The summed E-state index contributed by atoms with van der Waals surface area (Å²) in [4.78, 5) is 0. The Labute approximate surface area is 144 Å². The fourth-order valence-electron chi connectivity index (χ4n) is 2.38. The van der Waals surface area contributed by atoms with Crippen molar-refractivity contribution in [3.8, 4) is 17.2 Å². The summed E-state index contributed by atoms with van der Waals surface area (Å²) in [6.45, 7) is 8.53. The van der Waals surface area contributed by atoms with Crippen LogP contribution in [0.1, 0.15) is 18.1 Å². The zero-order chi connectivity index (χ0) is 17.2. The molecule has 0 bridgehead atoms. The lowest BCUT2D eigenvalue weighted by Gasteiger charge is -2.12. The minimum atomic E-state index is 0.475. The molecule has 2 aromatic rings. The lowest BCUT2D eigenvalue weighted by atomic mass is 10.2. The molecule has 0 aliphatic rings. The van der Waals surface area contributed by atoms with Gasteiger partial charge in [0.2, 0.25) is 0 Å². The summed E-state index contributed by atoms with van der Waals surface area (Å²) in [6, 6.07) is 14.2. The van der Waals surface area contributed by atoms with Crippen molar-refractivity contribution < 1.29 is 19.5 Å². The van der Waals surface area contributed by atoms with Gasteiger partial charge in [0.05, 0.1) is 13.7 Å². The van der Waals surface area contributed by atoms with E-state index in [0.717, 1.165) is 30.3 Å². The van der Waals surface area contributed by atoms with Gasteiger partial charge in [0.25, 0.3) is 0 Å². The molecule has 0 fully saturated rings. The van der Waals surface area contributed by atoms with E-state index in [1.165, 1.54) is 11.1 Å². The highest BCUT2D eigenvalue weighted by Gasteiger charge is 2.07. The fourth-order valence-corrected chi connectivity index (χ4v) is 2.38. The van der Waals surface area contributed by atoms with Crippen LogP contribution in [0.25, 0.3) is 0 Å². The summed E-state index contributed by atoms with van der Waals surface area (Å²) < 4.78 is 16.5. The van der Waals surface area contributed by atoms with Crippen LogP contribution >= 0.6 is 0 Å². The van der Waals surface area contributed by atoms with Crippen LogP contribution in [0, 0.1) is 0 Å². The van der Waals surface area contributed by atoms with Crippen molar-refractivity contribution in [1.82, 2.24) is 0 Å². The molecular formula is C20H26NO3+. The molecule has 0 unspecified atom stereocenters. The molecule has 0 spiro atoms. The van der Waals surface area contributed by atoms with Crippen LogP contribution in [0.5, 0.6) is 17.2 Å². The minimum Gasteiger partial charge on any atom is -0.497 e. The molecule has 0 aliphatic heterocycles. The van der Waals surface area contributed by atoms with Crippen molar-refractivity contribution in [2.24, 2.45) is 0 Å². The van der Waals surface area contributed by atoms with Crippen LogP contribution in [0.2, 0.25) is 0 Å². The Morgan fingerprint density at radius 2 is 1.67 bits per heavy atom. The van der Waals surface area contributed by atoms with Gasteiger partial charge in [-0.05, 0) is 49.4 Å². The number of nitrogens with two attached hydrogens (primary N) is 1. The van der Waals surface area contributed by atoms with Crippen LogP contribution in [-0.2, 0) is 13.1 Å². The molecule has 0 atom stereocenters. The van der Waals surface area contributed by atoms with E-state index < -0.39 is 0 Å². The summed E-state index contributed by atoms with van der Waals surface area (Å²) in [5.41, 5.74) is 2.48. The van der Waals surface area contributed by atoms with Crippen molar-refractivity contribution >= 4 is 0 Å². The van der Waals surface area contributed by atoms with Crippen molar-refractivity contribution in [1.29, 1.82) is 0 Å². The fraction of sp³-hybridized carbons (Fsp3) is 0.300. The zero-order valence-electron chi connectivity index (χ0n) is 14.5. The molecule has 2 N–H and O–H groups in total. The zero-order valence-corrected chi connectivity index (χ0v) is 14.5. The summed E-state index contributed by atoms with van der Waals surface area (Å²) in [6.07, 6.45) is 1.73. The van der Waals surface area contributed by atoms with Gasteiger partial charge in [-0.25, -0.2) is 0 Å². The third-order valence-electron chi connectivity index (χ3n) is 3.58. The van der Waals surface area contributed by atoms with Crippen molar-refractivity contribution in [2.75, 3.05) is 20.3 Å². The van der Waals surface area contributed by atoms with Gasteiger partial charge in [0, 0.05) is 11.1 Å². The van der Waals surface area contributed by atoms with Crippen LogP contribution in [0.15, 0.2) is 55.1 Å². The van der Waals surface area contributed by atoms with E-state index in [0.29, 0.717) is 13.2 Å². The molecule has 0 saturated heterocycles. The maximum Gasteiger partial charge on any atom is 0.161 e. The Balaban J connectivity index is 1.93. The Morgan fingerprint density at radius 1 is 0.958 bits per heavy atom. The molecule has 2 aromatic carbocycles. The second-order valence-corrected chi connectivity index (χ2v) is 5.36. The maximum absolute atomic E-state index is 5.68. The Morgan fingerprint density at radius 3 is 2.33 bits per heavy atom. The van der Waals surface area contributed by atoms with E-state index in [1.807, 2.05) is 31.2 Å². The molecule has 4 heteroatoms. The molecular weight excluding hydrogens is 302 g/mol. The molecule has 0 heterocycles. The summed E-state index contributed by atoms with van der Waals surface area (Å²) in [7, 11) is 1.68. The van der Waals surface area contributed by atoms with Crippen LogP contribution in [0.3, 0.4) is 0 Å². The largest absolute Gasteiger partial charge is 0.497 e. The average Bonchev–Trinajstić information content (AvgIpc) is 2.62. The predicted molar refractivity (Wildman–Crippen MR) is 95.6 cm³/mol. The Hall–Kier alpha value is -2.46. The number of methoxy groups -OCH3 is 1. The first-order valence-corrected chi connectivity index (χ1v) is 8.20. The van der Waals surface area contributed by atoms with E-state index in [1.54, 1.807) is 13.2 Å². The molecule has 2 rings (SSSR count). The normalized spacial score (nSPS) is 10.2. The second kappa shape index (κ2) is 9.63. The third-order valence-corrected chi connectivity index (χ3v) is 3.58. The predicted octanol–water partition coefficient (Wildman–Crippen LogP) is 2.92. The number of ether oxygens (including phenoxy) is 3. The molecule has 0 aromatic heterocycles. The maximum atomic E-state index is 5.68. The minimum absolute atomic E-state index is 0.475. The van der Waals surface area contributed by atoms with Gasteiger partial charge in [-0.3, -0.25) is 0 Å². The highest BCUT2D eigenvalue weighted by Crippen LogP contribution is 2.28. The summed E-state index contributed by atoms with van der Waals surface area (Å²) in [5, 5.41) is 2.26. The highest BCUT2D eigenvalue weighted by atomic mass is 16.5. The van der Waals surface area contributed by atoms with E-state index in [9.17, 15) is 0 Å². The van der Waals surface area contributed by atoms with Crippen LogP contribution < -0.4 is 19.5 Å². The second-order valence-electron chi connectivity index (χ2n) is 5.36. The van der Waals surface area contributed by atoms with Crippen LogP contribution in [-0.4, -0.2) is 20.3 Å². The first kappa shape index (κ1) is 17.9. The number of hydrogen-bond donors (Lipinski definition) is 1. The monoisotopic (exact) mass is 328 g/mol. The number of rotatable bonds is 10. The van der Waals surface area contributed by atoms with E-state index in [2.05, 4.69) is 30.1 Å². The molecule has 0 saturated carbocycles. The quantitative estimate of drug-likeness (QED) is 0.682. The first-order chi connectivity index (χ1) is 11.8. The summed E-state index contributed by atoms with van der Waals surface area (Å²) in [5.74, 6) is 2.43. The van der Waals surface area contributed by atoms with Gasteiger partial charge in [-0.15, -0.1) is 0 Å². The van der Waals surface area contributed by atoms with E-state index in [4.69, 9.17) is 14.2 Å². The summed E-state index contributed by atoms with van der Waals surface area (Å²) >= 11 is 0. The molecule has 0 amide bonds. The Kier molecular flexibility index (Phi) is 7.18. The van der Waals surface area contributed by atoms with E-state index in [-0.39, 0.29) is 0 Å². The molecule has 4 nitrogen and oxygen atoms in total. The first-order valence-electron chi connectivity index (χ1n) is 8.20. The molecule has 128 valence electrons. The topological polar surface area (TPSA) is 44.3 Å². The van der Waals surface area contributed by atoms with Gasteiger partial charge in [0.1, 0.15) is 25.4 Å². The molecule has 0 radical (unpaired) electrons. The van der Waals surface area contributed by atoms with Gasteiger partial charge in [-0.2, -0.15) is 0 Å². The highest BCUT2D eigenvalue weighted by molar-refractivity contribution is 5.43.